The van der Waals surface area contributed by atoms with Gasteiger partial charge in [-0.3, -0.25) is 9.59 Å². The first-order valence-corrected chi connectivity index (χ1v) is 7.69. The van der Waals surface area contributed by atoms with E-state index in [4.69, 9.17) is 4.74 Å². The maximum absolute atomic E-state index is 12.5. The second kappa shape index (κ2) is 7.04. The van der Waals surface area contributed by atoms with Crippen LogP contribution in [-0.2, 0) is 4.79 Å². The summed E-state index contributed by atoms with van der Waals surface area (Å²) in [4.78, 5) is 33.1. The van der Waals surface area contributed by atoms with Crippen molar-refractivity contribution in [2.75, 3.05) is 26.0 Å². The number of carbonyl (C=O) groups is 2. The zero-order valence-electron chi connectivity index (χ0n) is 13.9. The van der Waals surface area contributed by atoms with Gasteiger partial charge < -0.3 is 19.9 Å². The van der Waals surface area contributed by atoms with E-state index in [0.29, 0.717) is 17.0 Å². The largest absolute Gasteiger partial charge is 0.497 e. The molecule has 2 N–H and O–H groups in total. The molecule has 0 bridgehead atoms. The van der Waals surface area contributed by atoms with Gasteiger partial charge in [0.25, 0.3) is 5.91 Å². The van der Waals surface area contributed by atoms with E-state index in [1.54, 1.807) is 62.9 Å². The third-order valence-electron chi connectivity index (χ3n) is 3.75. The van der Waals surface area contributed by atoms with Crippen molar-refractivity contribution in [2.24, 2.45) is 0 Å². The van der Waals surface area contributed by atoms with E-state index in [-0.39, 0.29) is 18.4 Å². The van der Waals surface area contributed by atoms with Gasteiger partial charge in [-0.1, -0.05) is 6.07 Å². The van der Waals surface area contributed by atoms with Crippen molar-refractivity contribution >= 4 is 28.5 Å². The zero-order chi connectivity index (χ0) is 17.8. The van der Waals surface area contributed by atoms with Crippen molar-refractivity contribution in [1.29, 1.82) is 0 Å². The van der Waals surface area contributed by atoms with Crippen LogP contribution in [-0.4, -0.2) is 47.4 Å². The number of likely N-dealkylation sites (N-methyl/N-ethyl adjacent to an activating group) is 1. The van der Waals surface area contributed by atoms with E-state index >= 15 is 0 Å². The van der Waals surface area contributed by atoms with Crippen LogP contribution in [0.4, 0.5) is 5.69 Å². The summed E-state index contributed by atoms with van der Waals surface area (Å²) in [6.45, 7) is -0.0585. The second-order valence-electron chi connectivity index (χ2n) is 5.58. The highest BCUT2D eigenvalue weighted by molar-refractivity contribution is 6.00. The Morgan fingerprint density at radius 2 is 2.08 bits per heavy atom. The topological polar surface area (TPSA) is 87.3 Å². The molecule has 7 heteroatoms. The number of carbonyl (C=O) groups excluding carboxylic acids is 2. The van der Waals surface area contributed by atoms with Gasteiger partial charge in [0, 0.05) is 24.4 Å². The average molecular weight is 338 g/mol. The first kappa shape index (κ1) is 16.5. The van der Waals surface area contributed by atoms with Gasteiger partial charge in [-0.2, -0.15) is 0 Å². The van der Waals surface area contributed by atoms with Crippen LogP contribution < -0.4 is 10.1 Å². The SMILES string of the molecule is COc1cccc(NC(=O)CN(C)C(=O)c2ccc3nc[nH]c3c2)c1. The van der Waals surface area contributed by atoms with Gasteiger partial charge >= 0.3 is 0 Å². The van der Waals surface area contributed by atoms with Crippen LogP contribution >= 0.6 is 0 Å². The van der Waals surface area contributed by atoms with Crippen molar-refractivity contribution in [3.05, 3.63) is 54.4 Å². The quantitative estimate of drug-likeness (QED) is 0.747. The Balaban J connectivity index is 1.64. The minimum absolute atomic E-state index is 0.0585. The van der Waals surface area contributed by atoms with Gasteiger partial charge in [0.15, 0.2) is 0 Å². The summed E-state index contributed by atoms with van der Waals surface area (Å²) in [7, 11) is 3.15. The molecule has 2 amide bonds. The average Bonchev–Trinajstić information content (AvgIpc) is 3.08. The van der Waals surface area contributed by atoms with Crippen LogP contribution in [0.15, 0.2) is 48.8 Å². The van der Waals surface area contributed by atoms with Gasteiger partial charge in [-0.15, -0.1) is 0 Å². The molecule has 3 rings (SSSR count). The van der Waals surface area contributed by atoms with Gasteiger partial charge in [0.2, 0.25) is 5.91 Å². The number of aromatic amines is 1. The summed E-state index contributed by atoms with van der Waals surface area (Å²) < 4.78 is 5.12. The molecule has 25 heavy (non-hydrogen) atoms. The summed E-state index contributed by atoms with van der Waals surface area (Å²) in [6, 6.07) is 12.2. The van der Waals surface area contributed by atoms with E-state index in [0.717, 1.165) is 11.0 Å². The van der Waals surface area contributed by atoms with Gasteiger partial charge in [-0.05, 0) is 30.3 Å². The highest BCUT2D eigenvalue weighted by atomic mass is 16.5. The third-order valence-corrected chi connectivity index (χ3v) is 3.75. The van der Waals surface area contributed by atoms with E-state index in [9.17, 15) is 9.59 Å². The first-order chi connectivity index (χ1) is 12.1. The number of rotatable bonds is 5. The minimum atomic E-state index is -0.285. The Hall–Kier alpha value is -3.35. The maximum Gasteiger partial charge on any atom is 0.254 e. The number of aromatic nitrogens is 2. The predicted molar refractivity (Wildman–Crippen MR) is 94.7 cm³/mol. The highest BCUT2D eigenvalue weighted by Crippen LogP contribution is 2.17. The van der Waals surface area contributed by atoms with Crippen molar-refractivity contribution in [1.82, 2.24) is 14.9 Å². The predicted octanol–water partition coefficient (Wildman–Crippen LogP) is 2.28. The zero-order valence-corrected chi connectivity index (χ0v) is 13.9. The number of hydrogen-bond donors (Lipinski definition) is 2. The van der Waals surface area contributed by atoms with Crippen LogP contribution in [0.5, 0.6) is 5.75 Å². The number of amides is 2. The molecular weight excluding hydrogens is 320 g/mol. The third kappa shape index (κ3) is 3.77. The van der Waals surface area contributed by atoms with Crippen LogP contribution in [0.2, 0.25) is 0 Å². The molecule has 2 aromatic carbocycles. The van der Waals surface area contributed by atoms with Crippen molar-refractivity contribution in [2.45, 2.75) is 0 Å². The molecule has 0 unspecified atom stereocenters. The molecule has 1 heterocycles. The molecule has 0 radical (unpaired) electrons. The monoisotopic (exact) mass is 338 g/mol. The van der Waals surface area contributed by atoms with Gasteiger partial charge in [0.05, 0.1) is 31.0 Å². The van der Waals surface area contributed by atoms with E-state index in [1.165, 1.54) is 4.90 Å². The van der Waals surface area contributed by atoms with Gasteiger partial charge in [0.1, 0.15) is 5.75 Å². The normalized spacial score (nSPS) is 10.5. The molecule has 3 aromatic rings. The Kier molecular flexibility index (Phi) is 4.65. The van der Waals surface area contributed by atoms with Crippen LogP contribution in [0, 0.1) is 0 Å². The molecule has 0 aliphatic carbocycles. The molecule has 0 spiro atoms. The molecule has 1 aromatic heterocycles. The number of anilines is 1. The standard InChI is InChI=1S/C18H18N4O3/c1-22(10-17(23)21-13-4-3-5-14(9-13)25-2)18(24)12-6-7-15-16(8-12)20-11-19-15/h3-9,11H,10H2,1-2H3,(H,19,20)(H,21,23). The van der Waals surface area contributed by atoms with Crippen molar-refractivity contribution in [3.8, 4) is 5.75 Å². The summed E-state index contributed by atoms with van der Waals surface area (Å²) in [5, 5.41) is 2.75. The van der Waals surface area contributed by atoms with Crippen molar-refractivity contribution in [3.63, 3.8) is 0 Å². The number of ether oxygens (including phenoxy) is 1. The lowest BCUT2D eigenvalue weighted by atomic mass is 10.2. The molecule has 128 valence electrons. The maximum atomic E-state index is 12.5. The molecule has 0 saturated carbocycles. The van der Waals surface area contributed by atoms with Crippen LogP contribution in [0.3, 0.4) is 0 Å². The first-order valence-electron chi connectivity index (χ1n) is 7.69. The fourth-order valence-corrected chi connectivity index (χ4v) is 2.48. The lowest BCUT2D eigenvalue weighted by Gasteiger charge is -2.17. The number of methoxy groups -OCH3 is 1. The summed E-state index contributed by atoms with van der Waals surface area (Å²) in [5.41, 5.74) is 2.67. The molecule has 0 aliphatic heterocycles. The molecular formula is C18H18N4O3. The fourth-order valence-electron chi connectivity index (χ4n) is 2.48. The minimum Gasteiger partial charge on any atom is -0.497 e. The van der Waals surface area contributed by atoms with E-state index < -0.39 is 0 Å². The van der Waals surface area contributed by atoms with Gasteiger partial charge in [-0.25, -0.2) is 4.98 Å². The van der Waals surface area contributed by atoms with E-state index in [1.807, 2.05) is 0 Å². The number of nitrogens with zero attached hydrogens (tertiary/aromatic N) is 2. The second-order valence-corrected chi connectivity index (χ2v) is 5.58. The molecule has 0 atom stereocenters. The summed E-state index contributed by atoms with van der Waals surface area (Å²) in [6.07, 6.45) is 1.57. The Labute approximate surface area is 144 Å². The lowest BCUT2D eigenvalue weighted by molar-refractivity contribution is -0.116. The smallest absolute Gasteiger partial charge is 0.254 e. The molecule has 0 saturated heterocycles. The fraction of sp³-hybridized carbons (Fsp3) is 0.167. The summed E-state index contributed by atoms with van der Waals surface area (Å²) in [5.74, 6) is 0.124. The molecule has 0 aliphatic rings. The highest BCUT2D eigenvalue weighted by Gasteiger charge is 2.16. The number of imidazole rings is 1. The number of fused-ring (bicyclic) bond motifs is 1. The number of H-pyrrole nitrogens is 1. The number of benzene rings is 2. The number of hydrogen-bond acceptors (Lipinski definition) is 4. The number of nitrogens with one attached hydrogen (secondary N) is 2. The lowest BCUT2D eigenvalue weighted by Crippen LogP contribution is -2.34. The van der Waals surface area contributed by atoms with Crippen LogP contribution in [0.1, 0.15) is 10.4 Å². The summed E-state index contributed by atoms with van der Waals surface area (Å²) >= 11 is 0. The molecule has 7 nitrogen and oxygen atoms in total. The molecule has 0 fully saturated rings. The Morgan fingerprint density at radius 3 is 2.88 bits per heavy atom. The van der Waals surface area contributed by atoms with Crippen LogP contribution in [0.25, 0.3) is 11.0 Å². The van der Waals surface area contributed by atoms with Crippen molar-refractivity contribution < 1.29 is 14.3 Å². The Morgan fingerprint density at radius 1 is 1.24 bits per heavy atom. The van der Waals surface area contributed by atoms with E-state index in [2.05, 4.69) is 15.3 Å². The Bertz CT molecular complexity index is 919.